The molecule has 0 aromatic heterocycles. The van der Waals surface area contributed by atoms with Crippen LogP contribution in [-0.2, 0) is 9.59 Å². The number of nitrogens with two attached hydrogens (primary N) is 1. The lowest BCUT2D eigenvalue weighted by molar-refractivity contribution is -0.116. The monoisotopic (exact) mass is 374 g/mol. The number of benzene rings is 2. The zero-order valence-electron chi connectivity index (χ0n) is 14.4. The van der Waals surface area contributed by atoms with E-state index in [1.165, 1.54) is 27.8 Å². The topological polar surface area (TPSA) is 72.2 Å². The molecule has 2 amide bonds. The molecule has 0 spiro atoms. The Morgan fingerprint density at radius 2 is 1.80 bits per heavy atom. The maximum Gasteiger partial charge on any atom is 0.227 e. The van der Waals surface area contributed by atoms with Gasteiger partial charge in [0, 0.05) is 22.0 Å². The average Bonchev–Trinajstić information content (AvgIpc) is 2.57. The Bertz CT molecular complexity index is 763. The van der Waals surface area contributed by atoms with Gasteiger partial charge in [-0.05, 0) is 49.2 Å². The molecule has 25 heavy (non-hydrogen) atoms. The normalized spacial score (nSPS) is 10.5. The Morgan fingerprint density at radius 3 is 2.52 bits per heavy atom. The number of thioether (sulfide) groups is 2. The van der Waals surface area contributed by atoms with E-state index in [0.29, 0.717) is 12.2 Å². The van der Waals surface area contributed by atoms with Gasteiger partial charge in [0.05, 0.1) is 11.4 Å². The summed E-state index contributed by atoms with van der Waals surface area (Å²) in [5.41, 5.74) is 8.43. The number of para-hydroxylation sites is 1. The number of amides is 2. The van der Waals surface area contributed by atoms with Crippen molar-refractivity contribution in [3.05, 3.63) is 53.6 Å². The van der Waals surface area contributed by atoms with E-state index in [4.69, 9.17) is 5.73 Å². The van der Waals surface area contributed by atoms with E-state index >= 15 is 0 Å². The van der Waals surface area contributed by atoms with E-state index in [9.17, 15) is 9.59 Å². The Kier molecular flexibility index (Phi) is 7.40. The number of nitrogens with one attached hydrogen (secondary N) is 1. The van der Waals surface area contributed by atoms with E-state index in [1.807, 2.05) is 24.3 Å². The molecule has 0 heterocycles. The van der Waals surface area contributed by atoms with Crippen molar-refractivity contribution in [2.45, 2.75) is 30.1 Å². The Hall–Kier alpha value is -1.92. The maximum absolute atomic E-state index is 12.2. The summed E-state index contributed by atoms with van der Waals surface area (Å²) < 4.78 is 0. The van der Waals surface area contributed by atoms with Crippen molar-refractivity contribution in [1.82, 2.24) is 0 Å². The molecule has 0 aliphatic rings. The Morgan fingerprint density at radius 1 is 1.04 bits per heavy atom. The molecule has 0 aliphatic carbocycles. The molecule has 2 aromatic rings. The summed E-state index contributed by atoms with van der Waals surface area (Å²) in [5.74, 6) is 0.486. The fraction of sp³-hybridized carbons (Fsp3) is 0.263. The number of primary amides is 1. The fourth-order valence-corrected chi connectivity index (χ4v) is 3.82. The second-order valence-electron chi connectivity index (χ2n) is 5.64. The van der Waals surface area contributed by atoms with Gasteiger partial charge in [-0.2, -0.15) is 0 Å². The van der Waals surface area contributed by atoms with Crippen molar-refractivity contribution in [1.29, 1.82) is 0 Å². The number of carbonyl (C=O) groups is 2. The SMILES string of the molecule is Cc1ccc(SCCC(=O)Nc2ccccc2SCC(N)=O)cc1C. The lowest BCUT2D eigenvalue weighted by Gasteiger charge is -2.10. The molecule has 2 rings (SSSR count). The summed E-state index contributed by atoms with van der Waals surface area (Å²) in [6, 6.07) is 13.8. The summed E-state index contributed by atoms with van der Waals surface area (Å²) >= 11 is 3.00. The molecule has 0 unspecified atom stereocenters. The van der Waals surface area contributed by atoms with Crippen molar-refractivity contribution in [3.8, 4) is 0 Å². The number of aryl methyl sites for hydroxylation is 2. The van der Waals surface area contributed by atoms with E-state index in [0.717, 1.165) is 10.6 Å². The van der Waals surface area contributed by atoms with Crippen LogP contribution in [0.25, 0.3) is 0 Å². The molecular formula is C19H22N2O2S2. The van der Waals surface area contributed by atoms with Crippen molar-refractivity contribution in [2.24, 2.45) is 5.73 Å². The van der Waals surface area contributed by atoms with Gasteiger partial charge in [-0.1, -0.05) is 18.2 Å². The number of hydrogen-bond acceptors (Lipinski definition) is 4. The van der Waals surface area contributed by atoms with Crippen LogP contribution in [0.4, 0.5) is 5.69 Å². The van der Waals surface area contributed by atoms with Crippen molar-refractivity contribution in [3.63, 3.8) is 0 Å². The third kappa shape index (κ3) is 6.48. The molecule has 132 valence electrons. The highest BCUT2D eigenvalue weighted by molar-refractivity contribution is 8.00. The highest BCUT2D eigenvalue weighted by Crippen LogP contribution is 2.27. The van der Waals surface area contributed by atoms with Crippen LogP contribution in [0.2, 0.25) is 0 Å². The van der Waals surface area contributed by atoms with Gasteiger partial charge >= 0.3 is 0 Å². The number of rotatable bonds is 8. The first-order valence-electron chi connectivity index (χ1n) is 7.96. The third-order valence-electron chi connectivity index (χ3n) is 3.61. The molecule has 0 aliphatic heterocycles. The van der Waals surface area contributed by atoms with E-state index in [-0.39, 0.29) is 17.6 Å². The molecular weight excluding hydrogens is 352 g/mol. The zero-order chi connectivity index (χ0) is 18.2. The predicted octanol–water partition coefficient (Wildman–Crippen LogP) is 4.00. The minimum atomic E-state index is -0.379. The lowest BCUT2D eigenvalue weighted by atomic mass is 10.1. The van der Waals surface area contributed by atoms with Crippen LogP contribution >= 0.6 is 23.5 Å². The quantitative estimate of drug-likeness (QED) is 0.685. The van der Waals surface area contributed by atoms with Crippen LogP contribution in [0, 0.1) is 13.8 Å². The zero-order valence-corrected chi connectivity index (χ0v) is 16.0. The van der Waals surface area contributed by atoms with Crippen LogP contribution in [-0.4, -0.2) is 23.3 Å². The van der Waals surface area contributed by atoms with E-state index in [1.54, 1.807) is 11.8 Å². The summed E-state index contributed by atoms with van der Waals surface area (Å²) in [7, 11) is 0. The molecule has 0 radical (unpaired) electrons. The first-order valence-corrected chi connectivity index (χ1v) is 9.93. The van der Waals surface area contributed by atoms with Crippen LogP contribution in [0.3, 0.4) is 0 Å². The maximum atomic E-state index is 12.2. The van der Waals surface area contributed by atoms with Gasteiger partial charge in [0.25, 0.3) is 0 Å². The molecule has 4 nitrogen and oxygen atoms in total. The standard InChI is InChI=1S/C19H22N2O2S2/c1-13-7-8-15(11-14(13)2)24-10-9-19(23)21-16-5-3-4-6-17(16)25-12-18(20)22/h3-8,11H,9-10,12H2,1-2H3,(H2,20,22)(H,21,23). The molecule has 0 saturated carbocycles. The van der Waals surface area contributed by atoms with E-state index in [2.05, 4.69) is 37.4 Å². The highest BCUT2D eigenvalue weighted by atomic mass is 32.2. The molecule has 0 saturated heterocycles. The Labute approximate surface area is 157 Å². The summed E-state index contributed by atoms with van der Waals surface area (Å²) in [4.78, 5) is 25.1. The van der Waals surface area contributed by atoms with Crippen LogP contribution in [0.1, 0.15) is 17.5 Å². The van der Waals surface area contributed by atoms with Gasteiger partial charge in [-0.3, -0.25) is 9.59 Å². The van der Waals surface area contributed by atoms with Crippen LogP contribution in [0.15, 0.2) is 52.3 Å². The van der Waals surface area contributed by atoms with Crippen LogP contribution in [0.5, 0.6) is 0 Å². The molecule has 3 N–H and O–H groups in total. The summed E-state index contributed by atoms with van der Waals surface area (Å²) in [6.07, 6.45) is 0.423. The Balaban J connectivity index is 1.85. The molecule has 6 heteroatoms. The molecule has 0 atom stereocenters. The van der Waals surface area contributed by atoms with E-state index < -0.39 is 0 Å². The van der Waals surface area contributed by atoms with Gasteiger partial charge in [0.1, 0.15) is 0 Å². The number of anilines is 1. The smallest absolute Gasteiger partial charge is 0.227 e. The minimum absolute atomic E-state index is 0.0385. The predicted molar refractivity (Wildman–Crippen MR) is 106 cm³/mol. The summed E-state index contributed by atoms with van der Waals surface area (Å²) in [6.45, 7) is 4.18. The van der Waals surface area contributed by atoms with Gasteiger partial charge in [0.15, 0.2) is 0 Å². The molecule has 0 bridgehead atoms. The summed E-state index contributed by atoms with van der Waals surface area (Å²) in [5, 5.41) is 2.92. The molecule has 2 aromatic carbocycles. The van der Waals surface area contributed by atoms with Crippen molar-refractivity contribution < 1.29 is 9.59 Å². The van der Waals surface area contributed by atoms with Gasteiger partial charge < -0.3 is 11.1 Å². The van der Waals surface area contributed by atoms with Crippen molar-refractivity contribution in [2.75, 3.05) is 16.8 Å². The lowest BCUT2D eigenvalue weighted by Crippen LogP contribution is -2.15. The second kappa shape index (κ2) is 9.53. The van der Waals surface area contributed by atoms with Gasteiger partial charge in [-0.25, -0.2) is 0 Å². The minimum Gasteiger partial charge on any atom is -0.369 e. The third-order valence-corrected chi connectivity index (χ3v) is 5.70. The van der Waals surface area contributed by atoms with Crippen molar-refractivity contribution >= 4 is 41.0 Å². The number of carbonyl (C=O) groups excluding carboxylic acids is 2. The second-order valence-corrected chi connectivity index (χ2v) is 7.83. The highest BCUT2D eigenvalue weighted by Gasteiger charge is 2.08. The first-order chi connectivity index (χ1) is 12.0. The van der Waals surface area contributed by atoms with Crippen LogP contribution < -0.4 is 11.1 Å². The number of hydrogen-bond donors (Lipinski definition) is 2. The average molecular weight is 375 g/mol. The van der Waals surface area contributed by atoms with Gasteiger partial charge in [0.2, 0.25) is 11.8 Å². The first kappa shape index (κ1) is 19.4. The largest absolute Gasteiger partial charge is 0.369 e. The molecule has 0 fully saturated rings. The van der Waals surface area contributed by atoms with Gasteiger partial charge in [-0.15, -0.1) is 23.5 Å². The fourth-order valence-electron chi connectivity index (χ4n) is 2.12.